The van der Waals surface area contributed by atoms with Crippen LogP contribution in [0, 0.1) is 5.41 Å². The fraction of sp³-hybridized carbons (Fsp3) is 0.889. The van der Waals surface area contributed by atoms with Gasteiger partial charge in [-0.3, -0.25) is 0 Å². The first-order valence-corrected chi connectivity index (χ1v) is 6.65. The molecule has 8 heteroatoms. The largest absolute Gasteiger partial charge is 0.452 e. The minimum atomic E-state index is -3.90. The smallest absolute Gasteiger partial charge is 0.421 e. The van der Waals surface area contributed by atoms with Gasteiger partial charge in [0.25, 0.3) is 0 Å². The average Bonchev–Trinajstić information content (AvgIpc) is 2.11. The first-order valence-electron chi connectivity index (χ1n) is 5.17. The number of rotatable bonds is 5. The number of carbonyl (C=O) groups excluding carboxylic acids is 1. The Labute approximate surface area is 102 Å². The number of ether oxygens (including phenoxy) is 1. The SMILES string of the molecule is COC(=O)NS(=O)(=O)NCC(N)CC(C)(C)C. The molecule has 0 aromatic heterocycles. The number of methoxy groups -OCH3 is 1. The molecular formula is C9H21N3O4S. The number of hydrogen-bond donors (Lipinski definition) is 3. The number of amides is 1. The lowest BCUT2D eigenvalue weighted by Crippen LogP contribution is -2.45. The van der Waals surface area contributed by atoms with Gasteiger partial charge in [-0.2, -0.15) is 13.1 Å². The summed E-state index contributed by atoms with van der Waals surface area (Å²) in [5.41, 5.74) is 5.77. The van der Waals surface area contributed by atoms with Crippen molar-refractivity contribution >= 4 is 16.3 Å². The molecule has 0 aliphatic heterocycles. The van der Waals surface area contributed by atoms with Crippen LogP contribution in [0.1, 0.15) is 27.2 Å². The Morgan fingerprint density at radius 1 is 1.41 bits per heavy atom. The van der Waals surface area contributed by atoms with E-state index < -0.39 is 16.3 Å². The van der Waals surface area contributed by atoms with Crippen molar-refractivity contribution in [2.75, 3.05) is 13.7 Å². The summed E-state index contributed by atoms with van der Waals surface area (Å²) in [7, 11) is -2.82. The van der Waals surface area contributed by atoms with Gasteiger partial charge in [-0.05, 0) is 11.8 Å². The maximum atomic E-state index is 11.3. The Hall–Kier alpha value is -0.860. The highest BCUT2D eigenvalue weighted by atomic mass is 32.2. The molecule has 17 heavy (non-hydrogen) atoms. The van der Waals surface area contributed by atoms with Crippen LogP contribution in [0.2, 0.25) is 0 Å². The standard InChI is InChI=1S/C9H21N3O4S/c1-9(2,3)5-7(10)6-11-17(14,15)12-8(13)16-4/h7,11H,5-6,10H2,1-4H3,(H,12,13). The molecular weight excluding hydrogens is 246 g/mol. The van der Waals surface area contributed by atoms with Gasteiger partial charge in [0.2, 0.25) is 0 Å². The van der Waals surface area contributed by atoms with E-state index in [0.29, 0.717) is 6.42 Å². The fourth-order valence-electron chi connectivity index (χ4n) is 1.26. The van der Waals surface area contributed by atoms with Crippen LogP contribution in [0.5, 0.6) is 0 Å². The van der Waals surface area contributed by atoms with Gasteiger partial charge in [0.1, 0.15) is 0 Å². The summed E-state index contributed by atoms with van der Waals surface area (Å²) in [5.74, 6) is 0. The third-order valence-electron chi connectivity index (χ3n) is 1.81. The number of nitrogens with two attached hydrogens (primary N) is 1. The second-order valence-electron chi connectivity index (χ2n) is 4.97. The van der Waals surface area contributed by atoms with E-state index >= 15 is 0 Å². The van der Waals surface area contributed by atoms with E-state index in [2.05, 4.69) is 9.46 Å². The first-order chi connectivity index (χ1) is 7.56. The van der Waals surface area contributed by atoms with Crippen LogP contribution in [-0.2, 0) is 14.9 Å². The molecule has 0 bridgehead atoms. The van der Waals surface area contributed by atoms with Gasteiger partial charge in [-0.15, -0.1) is 0 Å². The van der Waals surface area contributed by atoms with E-state index in [-0.39, 0.29) is 18.0 Å². The van der Waals surface area contributed by atoms with E-state index in [0.717, 1.165) is 7.11 Å². The molecule has 0 saturated carbocycles. The Morgan fingerprint density at radius 2 is 1.94 bits per heavy atom. The Morgan fingerprint density at radius 3 is 2.35 bits per heavy atom. The lowest BCUT2D eigenvalue weighted by Gasteiger charge is -2.23. The van der Waals surface area contributed by atoms with Gasteiger partial charge >= 0.3 is 16.3 Å². The van der Waals surface area contributed by atoms with Crippen LogP contribution in [0.15, 0.2) is 0 Å². The van der Waals surface area contributed by atoms with Crippen molar-refractivity contribution in [2.45, 2.75) is 33.2 Å². The van der Waals surface area contributed by atoms with Gasteiger partial charge < -0.3 is 10.5 Å². The monoisotopic (exact) mass is 267 g/mol. The summed E-state index contributed by atoms with van der Waals surface area (Å²) in [5, 5.41) is 0. The number of hydrogen-bond acceptors (Lipinski definition) is 5. The van der Waals surface area contributed by atoms with Crippen molar-refractivity contribution in [3.05, 3.63) is 0 Å². The summed E-state index contributed by atoms with van der Waals surface area (Å²) in [4.78, 5) is 10.7. The number of nitrogens with one attached hydrogen (secondary N) is 2. The maximum absolute atomic E-state index is 11.3. The third kappa shape index (κ3) is 8.90. The van der Waals surface area contributed by atoms with Crippen molar-refractivity contribution in [3.8, 4) is 0 Å². The molecule has 0 saturated heterocycles. The summed E-state index contributed by atoms with van der Waals surface area (Å²) >= 11 is 0. The van der Waals surface area contributed by atoms with Crippen LogP contribution < -0.4 is 15.2 Å². The molecule has 0 aromatic rings. The van der Waals surface area contributed by atoms with Crippen LogP contribution in [0.3, 0.4) is 0 Å². The molecule has 7 nitrogen and oxygen atoms in total. The van der Waals surface area contributed by atoms with Crippen molar-refractivity contribution in [1.29, 1.82) is 0 Å². The van der Waals surface area contributed by atoms with Gasteiger partial charge in [-0.1, -0.05) is 20.8 Å². The summed E-state index contributed by atoms with van der Waals surface area (Å²) in [6.45, 7) is 6.08. The summed E-state index contributed by atoms with van der Waals surface area (Å²) < 4.78 is 30.6. The molecule has 0 aliphatic carbocycles. The first kappa shape index (κ1) is 16.1. The zero-order valence-corrected chi connectivity index (χ0v) is 11.4. The third-order valence-corrected chi connectivity index (χ3v) is 2.80. The van der Waals surface area contributed by atoms with Crippen molar-refractivity contribution < 1.29 is 17.9 Å². The molecule has 1 atom stereocenters. The summed E-state index contributed by atoms with van der Waals surface area (Å²) in [6.07, 6.45) is -0.379. The molecule has 1 amide bonds. The highest BCUT2D eigenvalue weighted by molar-refractivity contribution is 7.88. The molecule has 1 unspecified atom stereocenters. The average molecular weight is 267 g/mol. The second-order valence-corrected chi connectivity index (χ2v) is 6.47. The highest BCUT2D eigenvalue weighted by Crippen LogP contribution is 2.19. The van der Waals surface area contributed by atoms with E-state index in [1.54, 1.807) is 4.72 Å². The lowest BCUT2D eigenvalue weighted by atomic mass is 9.88. The Kier molecular flexibility index (Phi) is 5.86. The molecule has 4 N–H and O–H groups in total. The fourth-order valence-corrected chi connectivity index (χ4v) is 2.07. The van der Waals surface area contributed by atoms with Crippen LogP contribution in [-0.4, -0.2) is 34.2 Å². The maximum Gasteiger partial charge on any atom is 0.421 e. The van der Waals surface area contributed by atoms with Gasteiger partial charge in [0.15, 0.2) is 0 Å². The molecule has 0 aliphatic rings. The quantitative estimate of drug-likeness (QED) is 0.646. The minimum absolute atomic E-state index is 0.0145. The highest BCUT2D eigenvalue weighted by Gasteiger charge is 2.19. The molecule has 0 rings (SSSR count). The Bertz CT molecular complexity index is 348. The molecule has 102 valence electrons. The van der Waals surface area contributed by atoms with E-state index in [4.69, 9.17) is 5.73 Å². The van der Waals surface area contributed by atoms with Gasteiger partial charge in [0, 0.05) is 12.6 Å². The van der Waals surface area contributed by atoms with Crippen LogP contribution >= 0.6 is 0 Å². The minimum Gasteiger partial charge on any atom is -0.452 e. The zero-order chi connectivity index (χ0) is 13.7. The molecule has 0 radical (unpaired) electrons. The Balaban J connectivity index is 4.15. The lowest BCUT2D eigenvalue weighted by molar-refractivity contribution is 0.177. The molecule has 0 aromatic carbocycles. The zero-order valence-electron chi connectivity index (χ0n) is 10.6. The van der Waals surface area contributed by atoms with Gasteiger partial charge in [-0.25, -0.2) is 9.52 Å². The van der Waals surface area contributed by atoms with E-state index in [1.807, 2.05) is 20.8 Å². The second kappa shape index (κ2) is 6.18. The predicted molar refractivity (Wildman–Crippen MR) is 64.5 cm³/mol. The summed E-state index contributed by atoms with van der Waals surface area (Å²) in [6, 6.07) is -0.316. The topological polar surface area (TPSA) is 111 Å². The van der Waals surface area contributed by atoms with Crippen molar-refractivity contribution in [2.24, 2.45) is 11.1 Å². The normalized spacial score (nSPS) is 14.2. The number of carbonyl (C=O) groups is 1. The van der Waals surface area contributed by atoms with E-state index in [9.17, 15) is 13.2 Å². The van der Waals surface area contributed by atoms with E-state index in [1.165, 1.54) is 0 Å². The van der Waals surface area contributed by atoms with Crippen LogP contribution in [0.4, 0.5) is 4.79 Å². The van der Waals surface area contributed by atoms with Crippen molar-refractivity contribution in [1.82, 2.24) is 9.44 Å². The molecule has 0 heterocycles. The van der Waals surface area contributed by atoms with Gasteiger partial charge in [0.05, 0.1) is 7.11 Å². The van der Waals surface area contributed by atoms with Crippen LogP contribution in [0.25, 0.3) is 0 Å². The molecule has 0 fully saturated rings. The molecule has 0 spiro atoms. The predicted octanol–water partition coefficient (Wildman–Crippen LogP) is -0.0597. The van der Waals surface area contributed by atoms with Crippen molar-refractivity contribution in [3.63, 3.8) is 0 Å².